The number of carbonyl (C=O) groups is 3. The minimum absolute atomic E-state index is 0. The van der Waals surface area contributed by atoms with E-state index in [-0.39, 0.29) is 30.6 Å². The van der Waals surface area contributed by atoms with Crippen LogP contribution in [-0.4, -0.2) is 88.7 Å². The van der Waals surface area contributed by atoms with Gasteiger partial charge >= 0.3 is 11.9 Å². The molecule has 6 atom stereocenters. The maximum atomic E-state index is 12.9. The number of carboxylic acid groups (broad SMARTS) is 1. The summed E-state index contributed by atoms with van der Waals surface area (Å²) >= 11 is 0. The molecule has 0 saturated carbocycles. The maximum absolute atomic E-state index is 12.9. The Morgan fingerprint density at radius 2 is 2.05 bits per heavy atom. The lowest BCUT2D eigenvalue weighted by atomic mass is 9.50. The fraction of sp³-hybridized carbons (Fsp3) is 0.560. The molecule has 0 radical (unpaired) electrons. The third kappa shape index (κ3) is 3.87. The van der Waals surface area contributed by atoms with E-state index < -0.39 is 53.5 Å². The molecule has 2 heterocycles. The summed E-state index contributed by atoms with van der Waals surface area (Å²) in [6.45, 7) is 2.13. The van der Waals surface area contributed by atoms with E-state index >= 15 is 0 Å². The number of ether oxygens (including phenoxy) is 3. The summed E-state index contributed by atoms with van der Waals surface area (Å²) in [5, 5.41) is 32.7. The predicted molar refractivity (Wildman–Crippen MR) is 131 cm³/mol. The minimum atomic E-state index is -1.87. The van der Waals surface area contributed by atoms with Crippen molar-refractivity contribution in [3.63, 3.8) is 0 Å². The third-order valence-electron chi connectivity index (χ3n) is 8.17. The highest BCUT2D eigenvalue weighted by Gasteiger charge is 2.72. The number of halogens is 1. The standard InChI is InChI=1S/C25H30N2O9.ClH/c1-12(26-18(29)11-14(28)22(30)31)23(32)35-16-6-7-25(33)17-10-13-4-5-15(34-3)20-19(13)24(25,21(16)36-20)8-9-27(17)2;/h4-6,12,14,17,21,28,33H,7-11H2,1-3H3,(H,26,29)(H,30,31);1H/t12-,14-,17-,21-,24-,25+;/m0./s1. The second kappa shape index (κ2) is 9.46. The van der Waals surface area contributed by atoms with Gasteiger partial charge in [-0.3, -0.25) is 4.79 Å². The van der Waals surface area contributed by atoms with Crippen LogP contribution in [0.3, 0.4) is 0 Å². The van der Waals surface area contributed by atoms with Crippen molar-refractivity contribution < 1.29 is 43.9 Å². The van der Waals surface area contributed by atoms with Crippen LogP contribution >= 0.6 is 12.4 Å². The Hall–Kier alpha value is -2.86. The quantitative estimate of drug-likeness (QED) is 0.356. The zero-order valence-electron chi connectivity index (χ0n) is 20.7. The first-order valence-corrected chi connectivity index (χ1v) is 11.9. The number of likely N-dealkylation sites (tertiary alicyclic amines) is 1. The Kier molecular flexibility index (Phi) is 6.95. The van der Waals surface area contributed by atoms with Gasteiger partial charge in [-0.1, -0.05) is 6.07 Å². The van der Waals surface area contributed by atoms with Gasteiger partial charge in [-0.05, 0) is 51.1 Å². The number of carbonyl (C=O) groups excluding carboxylic acids is 2. The smallest absolute Gasteiger partial charge is 0.333 e. The second-order valence-corrected chi connectivity index (χ2v) is 10.1. The summed E-state index contributed by atoms with van der Waals surface area (Å²) in [6.07, 6.45) is -0.147. The third-order valence-corrected chi connectivity index (χ3v) is 8.17. The molecule has 1 saturated heterocycles. The van der Waals surface area contributed by atoms with Gasteiger partial charge in [0, 0.05) is 18.0 Å². The van der Waals surface area contributed by atoms with Crippen LogP contribution in [0.4, 0.5) is 0 Å². The number of nitrogens with zero attached hydrogens (tertiary/aromatic N) is 1. The van der Waals surface area contributed by atoms with Crippen molar-refractivity contribution in [1.82, 2.24) is 10.2 Å². The Morgan fingerprint density at radius 1 is 1.32 bits per heavy atom. The molecule has 2 aliphatic carbocycles. The largest absolute Gasteiger partial charge is 0.493 e. The van der Waals surface area contributed by atoms with Gasteiger partial charge in [0.05, 0.1) is 24.5 Å². The highest BCUT2D eigenvalue weighted by molar-refractivity contribution is 5.87. The molecule has 2 aliphatic heterocycles. The Morgan fingerprint density at radius 3 is 2.73 bits per heavy atom. The van der Waals surface area contributed by atoms with E-state index in [1.165, 1.54) is 6.92 Å². The molecule has 0 unspecified atom stereocenters. The van der Waals surface area contributed by atoms with Crippen LogP contribution in [0.2, 0.25) is 0 Å². The number of hydrogen-bond donors (Lipinski definition) is 4. The van der Waals surface area contributed by atoms with Crippen LogP contribution in [-0.2, 0) is 31.0 Å². The average Bonchev–Trinajstić information content (AvgIpc) is 3.18. The van der Waals surface area contributed by atoms with Crippen LogP contribution < -0.4 is 14.8 Å². The van der Waals surface area contributed by atoms with Crippen molar-refractivity contribution in [3.05, 3.63) is 35.1 Å². The zero-order chi connectivity index (χ0) is 26.0. The van der Waals surface area contributed by atoms with Crippen LogP contribution in [0.15, 0.2) is 24.0 Å². The molecule has 0 aromatic heterocycles. The van der Waals surface area contributed by atoms with E-state index in [2.05, 4.69) is 10.2 Å². The summed E-state index contributed by atoms with van der Waals surface area (Å²) in [7, 11) is 3.55. The lowest BCUT2D eigenvalue weighted by molar-refractivity contribution is -0.170. The van der Waals surface area contributed by atoms with E-state index in [9.17, 15) is 24.6 Å². The van der Waals surface area contributed by atoms with Crippen molar-refractivity contribution in [2.75, 3.05) is 20.7 Å². The van der Waals surface area contributed by atoms with Gasteiger partial charge in [-0.25, -0.2) is 9.59 Å². The number of likely N-dealkylation sites (N-methyl/N-ethyl adjacent to an activating group) is 1. The lowest BCUT2D eigenvalue weighted by Crippen LogP contribution is -2.74. The van der Waals surface area contributed by atoms with Crippen LogP contribution in [0, 0.1) is 0 Å². The predicted octanol–water partition coefficient (Wildman–Crippen LogP) is 0.278. The molecule has 1 amide bonds. The number of esters is 1. The highest BCUT2D eigenvalue weighted by Crippen LogP contribution is 2.65. The Balaban J connectivity index is 0.00000320. The summed E-state index contributed by atoms with van der Waals surface area (Å²) in [6, 6.07) is 2.60. The number of aliphatic carboxylic acids is 1. The fourth-order valence-electron chi connectivity index (χ4n) is 6.41. The zero-order valence-corrected chi connectivity index (χ0v) is 21.5. The average molecular weight is 539 g/mol. The molecule has 1 fully saturated rings. The van der Waals surface area contributed by atoms with Gasteiger partial charge in [0.2, 0.25) is 5.91 Å². The van der Waals surface area contributed by atoms with Crippen molar-refractivity contribution in [3.8, 4) is 11.5 Å². The molecule has 4 N–H and O–H groups in total. The molecule has 12 heteroatoms. The minimum Gasteiger partial charge on any atom is -0.493 e. The lowest BCUT2D eigenvalue weighted by Gasteiger charge is -2.61. The maximum Gasteiger partial charge on any atom is 0.333 e. The number of nitrogens with one attached hydrogen (secondary N) is 1. The molecular formula is C25H31ClN2O9. The molecule has 11 nitrogen and oxygen atoms in total. The normalized spacial score (nSPS) is 30.5. The van der Waals surface area contributed by atoms with Crippen LogP contribution in [0.25, 0.3) is 0 Å². The van der Waals surface area contributed by atoms with E-state index in [0.717, 1.165) is 17.7 Å². The number of benzene rings is 1. The number of carboxylic acids is 1. The first-order valence-electron chi connectivity index (χ1n) is 11.9. The first kappa shape index (κ1) is 27.2. The van der Waals surface area contributed by atoms with Crippen molar-refractivity contribution in [1.29, 1.82) is 0 Å². The molecule has 37 heavy (non-hydrogen) atoms. The molecule has 2 bridgehead atoms. The van der Waals surface area contributed by atoms with E-state index in [1.54, 1.807) is 13.2 Å². The molecule has 1 aromatic rings. The number of piperidine rings is 1. The number of rotatable bonds is 7. The van der Waals surface area contributed by atoms with Gasteiger partial charge in [0.15, 0.2) is 23.7 Å². The number of amides is 1. The van der Waals surface area contributed by atoms with Gasteiger partial charge in [0.1, 0.15) is 11.8 Å². The van der Waals surface area contributed by atoms with E-state index in [4.69, 9.17) is 19.3 Å². The monoisotopic (exact) mass is 538 g/mol. The summed E-state index contributed by atoms with van der Waals surface area (Å²) < 4.78 is 17.7. The molecule has 1 aromatic carbocycles. The van der Waals surface area contributed by atoms with Crippen molar-refractivity contribution >= 4 is 30.3 Å². The summed E-state index contributed by atoms with van der Waals surface area (Å²) in [5.41, 5.74) is 0.00583. The summed E-state index contributed by atoms with van der Waals surface area (Å²) in [4.78, 5) is 37.9. The molecule has 5 rings (SSSR count). The molecule has 1 spiro atoms. The SMILES string of the molecule is COc1ccc2c3c1O[C@H]1C(OC(=O)[C@H](C)NC(=O)C[C@H](O)C(=O)O)=CC[C@@]4(O)[C@H](C2)N(C)CC[C@]314.Cl. The van der Waals surface area contributed by atoms with Gasteiger partial charge in [-0.15, -0.1) is 12.4 Å². The van der Waals surface area contributed by atoms with Gasteiger partial charge in [0.25, 0.3) is 0 Å². The Bertz CT molecular complexity index is 1170. The first-order chi connectivity index (χ1) is 17.0. The Labute approximate surface area is 219 Å². The second-order valence-electron chi connectivity index (χ2n) is 10.1. The van der Waals surface area contributed by atoms with Gasteiger partial charge in [-0.2, -0.15) is 0 Å². The van der Waals surface area contributed by atoms with Crippen molar-refractivity contribution in [2.45, 2.75) is 67.9 Å². The number of aliphatic hydroxyl groups excluding tert-OH is 1. The van der Waals surface area contributed by atoms with Gasteiger partial charge < -0.3 is 39.7 Å². The van der Waals surface area contributed by atoms with E-state index in [0.29, 0.717) is 24.3 Å². The summed E-state index contributed by atoms with van der Waals surface area (Å²) in [5.74, 6) is -1.76. The van der Waals surface area contributed by atoms with Crippen LogP contribution in [0.1, 0.15) is 37.3 Å². The fourth-order valence-corrected chi connectivity index (χ4v) is 6.41. The van der Waals surface area contributed by atoms with E-state index in [1.807, 2.05) is 19.2 Å². The van der Waals surface area contributed by atoms with Crippen LogP contribution in [0.5, 0.6) is 11.5 Å². The molecule has 202 valence electrons. The molecular weight excluding hydrogens is 508 g/mol. The topological polar surface area (TPSA) is 155 Å². The highest BCUT2D eigenvalue weighted by atomic mass is 35.5. The van der Waals surface area contributed by atoms with Crippen molar-refractivity contribution in [2.24, 2.45) is 0 Å². The number of hydrogen-bond acceptors (Lipinski definition) is 9. The number of aliphatic hydroxyl groups is 2. The molecule has 4 aliphatic rings. The number of methoxy groups -OCH3 is 1.